The van der Waals surface area contributed by atoms with Gasteiger partial charge in [0.25, 0.3) is 0 Å². The second kappa shape index (κ2) is 4.96. The molecule has 1 unspecified atom stereocenters. The fourth-order valence-electron chi connectivity index (χ4n) is 2.05. The molecule has 0 aromatic carbocycles. The zero-order chi connectivity index (χ0) is 11.4. The van der Waals surface area contributed by atoms with Crippen LogP contribution in [0, 0.1) is 0 Å². The third-order valence-electron chi connectivity index (χ3n) is 2.96. The van der Waals surface area contributed by atoms with Crippen molar-refractivity contribution in [1.29, 1.82) is 0 Å². The summed E-state index contributed by atoms with van der Waals surface area (Å²) in [5.41, 5.74) is 0. The van der Waals surface area contributed by atoms with E-state index in [4.69, 9.17) is 4.74 Å². The van der Waals surface area contributed by atoms with Crippen LogP contribution in [0.15, 0.2) is 18.3 Å². The lowest BCUT2D eigenvalue weighted by Gasteiger charge is -2.33. The van der Waals surface area contributed by atoms with Crippen LogP contribution in [0.25, 0.3) is 0 Å². The molecule has 1 aliphatic rings. The van der Waals surface area contributed by atoms with Crippen molar-refractivity contribution >= 4 is 12.1 Å². The third kappa shape index (κ3) is 2.15. The number of anilines is 1. The molecule has 1 saturated heterocycles. The number of carbonyl (C=O) groups excluding carboxylic acids is 1. The molecule has 1 fully saturated rings. The molecule has 0 aliphatic carbocycles. The highest BCUT2D eigenvalue weighted by molar-refractivity contribution is 5.65. The summed E-state index contributed by atoms with van der Waals surface area (Å²) < 4.78 is 5.06. The molecule has 0 saturated carbocycles. The molecule has 0 spiro atoms. The molecular weight excluding hydrogens is 204 g/mol. The summed E-state index contributed by atoms with van der Waals surface area (Å²) in [4.78, 5) is 17.4. The van der Waals surface area contributed by atoms with Crippen molar-refractivity contribution in [3.63, 3.8) is 0 Å². The molecule has 4 nitrogen and oxygen atoms in total. The van der Waals surface area contributed by atoms with Gasteiger partial charge in [-0.25, -0.2) is 4.98 Å². The van der Waals surface area contributed by atoms with Gasteiger partial charge in [0.1, 0.15) is 17.9 Å². The predicted octanol–water partition coefficient (Wildman–Crippen LogP) is 1.65. The monoisotopic (exact) mass is 220 g/mol. The molecule has 1 aliphatic heterocycles. The zero-order valence-electron chi connectivity index (χ0n) is 9.43. The lowest BCUT2D eigenvalue weighted by molar-refractivity contribution is -0.109. The lowest BCUT2D eigenvalue weighted by atomic mass is 10.0. The number of pyridine rings is 1. The van der Waals surface area contributed by atoms with Gasteiger partial charge in [0, 0.05) is 6.54 Å². The van der Waals surface area contributed by atoms with E-state index in [1.807, 2.05) is 12.1 Å². The Kier molecular flexibility index (Phi) is 3.39. The SMILES string of the molecule is COc1ccc(N2CCCCC2C=O)nc1. The van der Waals surface area contributed by atoms with Crippen molar-refractivity contribution in [2.45, 2.75) is 25.3 Å². The van der Waals surface area contributed by atoms with Crippen LogP contribution in [-0.4, -0.2) is 31.0 Å². The van der Waals surface area contributed by atoms with Crippen molar-refractivity contribution in [3.05, 3.63) is 18.3 Å². The van der Waals surface area contributed by atoms with Gasteiger partial charge in [0.2, 0.25) is 0 Å². The Hall–Kier alpha value is -1.58. The van der Waals surface area contributed by atoms with Crippen LogP contribution >= 0.6 is 0 Å². The molecule has 1 aromatic heterocycles. The van der Waals surface area contributed by atoms with Gasteiger partial charge in [-0.15, -0.1) is 0 Å². The summed E-state index contributed by atoms with van der Waals surface area (Å²) in [6.45, 7) is 0.905. The number of carbonyl (C=O) groups is 1. The molecule has 1 aromatic rings. The molecule has 2 heterocycles. The van der Waals surface area contributed by atoms with E-state index in [0.717, 1.165) is 43.7 Å². The summed E-state index contributed by atoms with van der Waals surface area (Å²) in [5, 5.41) is 0. The minimum absolute atomic E-state index is 0.0188. The molecule has 86 valence electrons. The summed E-state index contributed by atoms with van der Waals surface area (Å²) in [7, 11) is 1.62. The van der Waals surface area contributed by atoms with E-state index < -0.39 is 0 Å². The first-order chi connectivity index (χ1) is 7.85. The van der Waals surface area contributed by atoms with Crippen molar-refractivity contribution in [1.82, 2.24) is 4.98 Å². The van der Waals surface area contributed by atoms with Crippen LogP contribution in [0.2, 0.25) is 0 Å². The molecule has 16 heavy (non-hydrogen) atoms. The second-order valence-electron chi connectivity index (χ2n) is 3.95. The first-order valence-electron chi connectivity index (χ1n) is 5.57. The number of piperidine rings is 1. The second-order valence-corrected chi connectivity index (χ2v) is 3.95. The molecule has 0 bridgehead atoms. The van der Waals surface area contributed by atoms with Gasteiger partial charge < -0.3 is 14.4 Å². The van der Waals surface area contributed by atoms with Crippen LogP contribution in [0.5, 0.6) is 5.75 Å². The smallest absolute Gasteiger partial charge is 0.142 e. The number of aldehydes is 1. The molecule has 0 N–H and O–H groups in total. The van der Waals surface area contributed by atoms with E-state index in [0.29, 0.717) is 0 Å². The molecule has 0 radical (unpaired) electrons. The number of hydrogen-bond acceptors (Lipinski definition) is 4. The predicted molar refractivity (Wildman–Crippen MR) is 61.8 cm³/mol. The van der Waals surface area contributed by atoms with Crippen LogP contribution < -0.4 is 9.64 Å². The van der Waals surface area contributed by atoms with Crippen molar-refractivity contribution in [2.24, 2.45) is 0 Å². The fraction of sp³-hybridized carbons (Fsp3) is 0.500. The van der Waals surface area contributed by atoms with Crippen LogP contribution in [0.3, 0.4) is 0 Å². The van der Waals surface area contributed by atoms with Gasteiger partial charge in [-0.2, -0.15) is 0 Å². The number of methoxy groups -OCH3 is 1. The van der Waals surface area contributed by atoms with E-state index in [1.165, 1.54) is 0 Å². The standard InChI is InChI=1S/C12H16N2O2/c1-16-11-5-6-12(13-8-11)14-7-3-2-4-10(14)9-15/h5-6,8-10H,2-4,7H2,1H3. The summed E-state index contributed by atoms with van der Waals surface area (Å²) in [6, 6.07) is 3.76. The van der Waals surface area contributed by atoms with E-state index in [9.17, 15) is 4.79 Å². The van der Waals surface area contributed by atoms with E-state index in [1.54, 1.807) is 13.3 Å². The number of hydrogen-bond donors (Lipinski definition) is 0. The van der Waals surface area contributed by atoms with Gasteiger partial charge in [0.05, 0.1) is 19.3 Å². The van der Waals surface area contributed by atoms with Crippen molar-refractivity contribution in [2.75, 3.05) is 18.6 Å². The number of nitrogens with zero attached hydrogens (tertiary/aromatic N) is 2. The summed E-state index contributed by atoms with van der Waals surface area (Å²) >= 11 is 0. The average molecular weight is 220 g/mol. The zero-order valence-corrected chi connectivity index (χ0v) is 9.43. The van der Waals surface area contributed by atoms with Crippen molar-refractivity contribution in [3.8, 4) is 5.75 Å². The highest BCUT2D eigenvalue weighted by Gasteiger charge is 2.22. The molecule has 4 heteroatoms. The first kappa shape index (κ1) is 10.9. The maximum absolute atomic E-state index is 11.0. The third-order valence-corrected chi connectivity index (χ3v) is 2.96. The van der Waals surface area contributed by atoms with Gasteiger partial charge in [-0.3, -0.25) is 0 Å². The topological polar surface area (TPSA) is 42.4 Å². The maximum Gasteiger partial charge on any atom is 0.142 e. The van der Waals surface area contributed by atoms with Crippen LogP contribution in [0.4, 0.5) is 5.82 Å². The Balaban J connectivity index is 2.17. The Morgan fingerprint density at radius 3 is 3.00 bits per heavy atom. The number of rotatable bonds is 3. The van der Waals surface area contributed by atoms with Crippen LogP contribution in [-0.2, 0) is 4.79 Å². The van der Waals surface area contributed by atoms with E-state index in [-0.39, 0.29) is 6.04 Å². The maximum atomic E-state index is 11.0. The fourth-order valence-corrected chi connectivity index (χ4v) is 2.05. The Labute approximate surface area is 95.2 Å². The quantitative estimate of drug-likeness (QED) is 0.726. The summed E-state index contributed by atoms with van der Waals surface area (Å²) in [6.07, 6.45) is 5.88. The average Bonchev–Trinajstić information content (AvgIpc) is 2.39. The Bertz CT molecular complexity index is 351. The number of ether oxygens (including phenoxy) is 1. The highest BCUT2D eigenvalue weighted by atomic mass is 16.5. The van der Waals surface area contributed by atoms with E-state index in [2.05, 4.69) is 9.88 Å². The lowest BCUT2D eigenvalue weighted by Crippen LogP contribution is -2.41. The van der Waals surface area contributed by atoms with Crippen LogP contribution in [0.1, 0.15) is 19.3 Å². The minimum Gasteiger partial charge on any atom is -0.495 e. The minimum atomic E-state index is -0.0188. The molecule has 0 amide bonds. The van der Waals surface area contributed by atoms with Crippen molar-refractivity contribution < 1.29 is 9.53 Å². The van der Waals surface area contributed by atoms with Gasteiger partial charge in [-0.1, -0.05) is 0 Å². The normalized spacial score (nSPS) is 20.6. The number of aromatic nitrogens is 1. The van der Waals surface area contributed by atoms with Gasteiger partial charge in [0.15, 0.2) is 0 Å². The van der Waals surface area contributed by atoms with Gasteiger partial charge in [-0.05, 0) is 31.4 Å². The van der Waals surface area contributed by atoms with E-state index >= 15 is 0 Å². The molecular formula is C12H16N2O2. The summed E-state index contributed by atoms with van der Waals surface area (Å²) in [5.74, 6) is 1.60. The highest BCUT2D eigenvalue weighted by Crippen LogP contribution is 2.23. The molecule has 1 atom stereocenters. The largest absolute Gasteiger partial charge is 0.495 e. The van der Waals surface area contributed by atoms with Gasteiger partial charge >= 0.3 is 0 Å². The Morgan fingerprint density at radius 1 is 1.50 bits per heavy atom. The molecule has 2 rings (SSSR count). The first-order valence-corrected chi connectivity index (χ1v) is 5.57. The Morgan fingerprint density at radius 2 is 2.38 bits per heavy atom.